The summed E-state index contributed by atoms with van der Waals surface area (Å²) in [6.07, 6.45) is 0.0991. The Bertz CT molecular complexity index is 702. The Balaban J connectivity index is 2.72. The third-order valence-electron chi connectivity index (χ3n) is 4.20. The maximum atomic E-state index is 14.9. The van der Waals surface area contributed by atoms with Gasteiger partial charge < -0.3 is 10.1 Å². The van der Waals surface area contributed by atoms with Crippen LogP contribution in [-0.2, 0) is 4.79 Å². The fraction of sp³-hybridized carbons (Fsp3) is 0.444. The number of hydrogen-bond acceptors (Lipinski definition) is 3. The Hall–Kier alpha value is -1.88. The standard InChI is InChI=1S/C18H21ClFNO3/c1-5-24-18-12(11(4)22)7-13(19)17(20)16(18)15-9(2)6-14(23)21-8-10(15)3/h7,10,15H,2,5-6,8H2,1,3-4H3,(H,21,23). The Morgan fingerprint density at radius 2 is 2.21 bits per heavy atom. The molecule has 1 aliphatic rings. The highest BCUT2D eigenvalue weighted by Crippen LogP contribution is 2.44. The number of halogens is 2. The summed E-state index contributed by atoms with van der Waals surface area (Å²) in [6.45, 7) is 9.67. The van der Waals surface area contributed by atoms with Crippen LogP contribution in [-0.4, -0.2) is 24.8 Å². The van der Waals surface area contributed by atoms with Crippen molar-refractivity contribution >= 4 is 23.3 Å². The van der Waals surface area contributed by atoms with Gasteiger partial charge in [0.2, 0.25) is 5.91 Å². The molecule has 4 nitrogen and oxygen atoms in total. The quantitative estimate of drug-likeness (QED) is 0.660. The third-order valence-corrected chi connectivity index (χ3v) is 4.48. The van der Waals surface area contributed by atoms with E-state index in [4.69, 9.17) is 16.3 Å². The molecule has 6 heteroatoms. The minimum absolute atomic E-state index is 0.0991. The van der Waals surface area contributed by atoms with Crippen molar-refractivity contribution in [1.82, 2.24) is 5.32 Å². The number of amides is 1. The van der Waals surface area contributed by atoms with E-state index in [1.54, 1.807) is 6.92 Å². The predicted molar refractivity (Wildman–Crippen MR) is 91.3 cm³/mol. The second-order valence-corrected chi connectivity index (χ2v) is 6.45. The lowest BCUT2D eigenvalue weighted by molar-refractivity contribution is -0.120. The maximum Gasteiger partial charge on any atom is 0.224 e. The third kappa shape index (κ3) is 3.46. The SMILES string of the molecule is C=C1CC(=O)NCC(C)C1c1c(F)c(Cl)cc(C(C)=O)c1OCC. The first-order valence-electron chi connectivity index (χ1n) is 7.87. The van der Waals surface area contributed by atoms with E-state index in [1.165, 1.54) is 13.0 Å². The summed E-state index contributed by atoms with van der Waals surface area (Å²) in [7, 11) is 0. The van der Waals surface area contributed by atoms with Gasteiger partial charge in [-0.25, -0.2) is 4.39 Å². The zero-order valence-corrected chi connectivity index (χ0v) is 14.8. The summed E-state index contributed by atoms with van der Waals surface area (Å²) >= 11 is 6.02. The molecule has 1 heterocycles. The van der Waals surface area contributed by atoms with Crippen molar-refractivity contribution in [3.63, 3.8) is 0 Å². The minimum Gasteiger partial charge on any atom is -0.493 e. The maximum absolute atomic E-state index is 14.9. The summed E-state index contributed by atoms with van der Waals surface area (Å²) in [5.41, 5.74) is 1.03. The molecule has 0 bridgehead atoms. The van der Waals surface area contributed by atoms with Gasteiger partial charge in [-0.2, -0.15) is 0 Å². The average Bonchev–Trinajstić information content (AvgIpc) is 2.62. The lowest BCUT2D eigenvalue weighted by Crippen LogP contribution is -2.26. The first kappa shape index (κ1) is 18.5. The van der Waals surface area contributed by atoms with Gasteiger partial charge >= 0.3 is 0 Å². The van der Waals surface area contributed by atoms with Crippen molar-refractivity contribution in [1.29, 1.82) is 0 Å². The highest BCUT2D eigenvalue weighted by atomic mass is 35.5. The average molecular weight is 354 g/mol. The Morgan fingerprint density at radius 3 is 2.79 bits per heavy atom. The molecule has 1 saturated heterocycles. The molecular formula is C18H21ClFNO3. The highest BCUT2D eigenvalue weighted by molar-refractivity contribution is 6.31. The first-order valence-corrected chi connectivity index (χ1v) is 8.25. The zero-order valence-electron chi connectivity index (χ0n) is 14.0. The van der Waals surface area contributed by atoms with Gasteiger partial charge in [-0.15, -0.1) is 0 Å². The van der Waals surface area contributed by atoms with E-state index >= 15 is 0 Å². The topological polar surface area (TPSA) is 55.4 Å². The van der Waals surface area contributed by atoms with Gasteiger partial charge in [-0.1, -0.05) is 30.7 Å². The van der Waals surface area contributed by atoms with Crippen molar-refractivity contribution < 1.29 is 18.7 Å². The lowest BCUT2D eigenvalue weighted by Gasteiger charge is -2.27. The molecule has 1 aromatic carbocycles. The molecular weight excluding hydrogens is 333 g/mol. The largest absolute Gasteiger partial charge is 0.493 e. The predicted octanol–water partition coefficient (Wildman–Crippen LogP) is 3.88. The van der Waals surface area contributed by atoms with E-state index in [1.807, 2.05) is 6.92 Å². The van der Waals surface area contributed by atoms with Crippen LogP contribution in [0.3, 0.4) is 0 Å². The Labute approximate surface area is 146 Å². The van der Waals surface area contributed by atoms with Crippen molar-refractivity contribution in [2.45, 2.75) is 33.1 Å². The molecule has 1 N–H and O–H groups in total. The van der Waals surface area contributed by atoms with Crippen molar-refractivity contribution in [3.05, 3.63) is 40.2 Å². The fourth-order valence-corrected chi connectivity index (χ4v) is 3.34. The monoisotopic (exact) mass is 353 g/mol. The number of rotatable bonds is 4. The van der Waals surface area contributed by atoms with Gasteiger partial charge in [-0.05, 0) is 25.8 Å². The molecule has 2 atom stereocenters. The summed E-state index contributed by atoms with van der Waals surface area (Å²) in [6, 6.07) is 1.29. The van der Waals surface area contributed by atoms with Gasteiger partial charge in [0.25, 0.3) is 0 Å². The van der Waals surface area contributed by atoms with Crippen LogP contribution in [0.2, 0.25) is 5.02 Å². The van der Waals surface area contributed by atoms with Crippen LogP contribution in [0.15, 0.2) is 18.2 Å². The van der Waals surface area contributed by atoms with Gasteiger partial charge in [-0.3, -0.25) is 9.59 Å². The van der Waals surface area contributed by atoms with Crippen LogP contribution >= 0.6 is 11.6 Å². The molecule has 0 aliphatic carbocycles. The number of benzene rings is 1. The number of ether oxygens (including phenoxy) is 1. The van der Waals surface area contributed by atoms with E-state index in [0.29, 0.717) is 12.1 Å². The highest BCUT2D eigenvalue weighted by Gasteiger charge is 2.34. The number of carbonyl (C=O) groups excluding carboxylic acids is 2. The molecule has 2 rings (SSSR count). The van der Waals surface area contributed by atoms with Crippen molar-refractivity contribution in [3.8, 4) is 5.75 Å². The normalized spacial score (nSPS) is 21.2. The smallest absolute Gasteiger partial charge is 0.224 e. The number of Topliss-reactive ketones (excluding diaryl/α,β-unsaturated/α-hetero) is 1. The van der Waals surface area contributed by atoms with Crippen LogP contribution in [0.25, 0.3) is 0 Å². The van der Waals surface area contributed by atoms with Gasteiger partial charge in [0.1, 0.15) is 11.6 Å². The summed E-state index contributed by atoms with van der Waals surface area (Å²) in [4.78, 5) is 23.7. The van der Waals surface area contributed by atoms with Gasteiger partial charge in [0.15, 0.2) is 5.78 Å². The Morgan fingerprint density at radius 1 is 1.54 bits per heavy atom. The molecule has 1 aromatic rings. The number of hydrogen-bond donors (Lipinski definition) is 1. The second-order valence-electron chi connectivity index (χ2n) is 6.05. The van der Waals surface area contributed by atoms with Gasteiger partial charge in [0, 0.05) is 24.4 Å². The first-order chi connectivity index (χ1) is 11.3. The van der Waals surface area contributed by atoms with E-state index in [2.05, 4.69) is 11.9 Å². The minimum atomic E-state index is -0.627. The molecule has 0 aromatic heterocycles. The van der Waals surface area contributed by atoms with Crippen LogP contribution in [0.1, 0.15) is 49.0 Å². The zero-order chi connectivity index (χ0) is 18.0. The van der Waals surface area contributed by atoms with Crippen LogP contribution < -0.4 is 10.1 Å². The van der Waals surface area contributed by atoms with Crippen LogP contribution in [0.4, 0.5) is 4.39 Å². The second kappa shape index (κ2) is 7.34. The Kier molecular flexibility index (Phi) is 5.65. The summed E-state index contributed by atoms with van der Waals surface area (Å²) in [5, 5.41) is 2.65. The molecule has 1 aliphatic heterocycles. The van der Waals surface area contributed by atoms with E-state index in [0.717, 1.165) is 0 Å². The number of ketones is 1. The molecule has 1 amide bonds. The molecule has 2 unspecified atom stereocenters. The van der Waals surface area contributed by atoms with E-state index < -0.39 is 11.7 Å². The number of nitrogens with one attached hydrogen (secondary N) is 1. The summed E-state index contributed by atoms with van der Waals surface area (Å²) in [5.74, 6) is -1.43. The van der Waals surface area contributed by atoms with Crippen LogP contribution in [0.5, 0.6) is 5.75 Å². The van der Waals surface area contributed by atoms with E-state index in [9.17, 15) is 14.0 Å². The molecule has 1 fully saturated rings. The molecule has 0 spiro atoms. The molecule has 24 heavy (non-hydrogen) atoms. The van der Waals surface area contributed by atoms with E-state index in [-0.39, 0.29) is 52.5 Å². The molecule has 130 valence electrons. The van der Waals surface area contributed by atoms with Crippen LogP contribution in [0, 0.1) is 11.7 Å². The van der Waals surface area contributed by atoms with Gasteiger partial charge in [0.05, 0.1) is 17.2 Å². The number of carbonyl (C=O) groups is 2. The lowest BCUT2D eigenvalue weighted by atomic mass is 9.80. The molecule has 0 radical (unpaired) electrons. The summed E-state index contributed by atoms with van der Waals surface area (Å²) < 4.78 is 20.5. The van der Waals surface area contributed by atoms with Crippen molar-refractivity contribution in [2.75, 3.05) is 13.2 Å². The molecule has 0 saturated carbocycles. The fourth-order valence-electron chi connectivity index (χ4n) is 3.13. The van der Waals surface area contributed by atoms with Crippen molar-refractivity contribution in [2.24, 2.45) is 5.92 Å².